The summed E-state index contributed by atoms with van der Waals surface area (Å²) in [5.41, 5.74) is 0.668. The molecule has 1 heterocycles. The van der Waals surface area contributed by atoms with Gasteiger partial charge in [-0.2, -0.15) is 0 Å². The van der Waals surface area contributed by atoms with Crippen LogP contribution in [0.1, 0.15) is 40.5 Å². The lowest BCUT2D eigenvalue weighted by Crippen LogP contribution is -2.43. The van der Waals surface area contributed by atoms with Gasteiger partial charge in [0, 0.05) is 11.4 Å². The van der Waals surface area contributed by atoms with E-state index in [2.05, 4.69) is 6.92 Å². The van der Waals surface area contributed by atoms with Crippen LogP contribution < -0.4 is 0 Å². The Balaban J connectivity index is 2.74. The highest BCUT2D eigenvalue weighted by Gasteiger charge is 2.40. The third-order valence-electron chi connectivity index (χ3n) is 3.20. The molecule has 0 spiro atoms. The van der Waals surface area contributed by atoms with Crippen molar-refractivity contribution in [1.82, 2.24) is 4.31 Å². The molecule has 0 N–H and O–H groups in total. The van der Waals surface area contributed by atoms with E-state index in [1.54, 1.807) is 6.92 Å². The van der Waals surface area contributed by atoms with E-state index in [1.165, 1.54) is 0 Å². The van der Waals surface area contributed by atoms with Gasteiger partial charge in [0.1, 0.15) is 5.75 Å². The van der Waals surface area contributed by atoms with Gasteiger partial charge in [0.25, 0.3) is 0 Å². The summed E-state index contributed by atoms with van der Waals surface area (Å²) in [6.07, 6.45) is 3.85. The van der Waals surface area contributed by atoms with Crippen LogP contribution in [0.2, 0.25) is 0 Å². The normalized spacial score (nSPS) is 21.6. The largest absolute Gasteiger partial charge is 0.598 e. The van der Waals surface area contributed by atoms with Crippen molar-refractivity contribution in [2.75, 3.05) is 18.9 Å². The van der Waals surface area contributed by atoms with Gasteiger partial charge in [-0.25, -0.2) is 4.79 Å². The fourth-order valence-corrected chi connectivity index (χ4v) is 3.90. The molecule has 1 aliphatic heterocycles. The predicted octanol–water partition coefficient (Wildman–Crippen LogP) is 2.28. The smallest absolute Gasteiger partial charge is 0.335 e. The van der Waals surface area contributed by atoms with E-state index in [9.17, 15) is 9.35 Å². The summed E-state index contributed by atoms with van der Waals surface area (Å²) in [6.45, 7) is 8.94. The van der Waals surface area contributed by atoms with Gasteiger partial charge in [0.15, 0.2) is 0 Å². The van der Waals surface area contributed by atoms with E-state index in [4.69, 9.17) is 4.74 Å². The van der Waals surface area contributed by atoms with Crippen molar-refractivity contribution in [2.45, 2.75) is 46.6 Å². The van der Waals surface area contributed by atoms with E-state index in [-0.39, 0.29) is 17.9 Å². The zero-order valence-electron chi connectivity index (χ0n) is 12.3. The number of ether oxygens (including phenoxy) is 1. The van der Waals surface area contributed by atoms with Gasteiger partial charge in [0.05, 0.1) is 24.8 Å². The number of carbonyl (C=O) groups is 1. The van der Waals surface area contributed by atoms with E-state index in [0.29, 0.717) is 24.5 Å². The highest BCUT2D eigenvalue weighted by Crippen LogP contribution is 2.29. The zero-order chi connectivity index (χ0) is 14.4. The number of carbonyl (C=O) groups excluding carboxylic acids is 1. The first-order valence-electron chi connectivity index (χ1n) is 7.05. The summed E-state index contributed by atoms with van der Waals surface area (Å²) < 4.78 is 19.3. The lowest BCUT2D eigenvalue weighted by atomic mass is 9.98. The molecule has 0 unspecified atom stereocenters. The third kappa shape index (κ3) is 4.23. The van der Waals surface area contributed by atoms with Gasteiger partial charge >= 0.3 is 5.97 Å². The molecule has 0 aliphatic carbocycles. The van der Waals surface area contributed by atoms with Crippen LogP contribution in [0.3, 0.4) is 0 Å². The van der Waals surface area contributed by atoms with Crippen molar-refractivity contribution in [2.24, 2.45) is 5.92 Å². The maximum atomic E-state index is 12.3. The van der Waals surface area contributed by atoms with Crippen molar-refractivity contribution in [3.8, 4) is 0 Å². The van der Waals surface area contributed by atoms with Crippen molar-refractivity contribution >= 4 is 17.3 Å². The van der Waals surface area contributed by atoms with Crippen LogP contribution in [0.15, 0.2) is 11.6 Å². The Morgan fingerprint density at radius 1 is 1.58 bits per heavy atom. The van der Waals surface area contributed by atoms with Crippen LogP contribution in [-0.4, -0.2) is 39.8 Å². The summed E-state index contributed by atoms with van der Waals surface area (Å²) in [7, 11) is 0. The average molecular weight is 287 g/mol. The summed E-state index contributed by atoms with van der Waals surface area (Å²) in [4.78, 5) is 11.9. The molecule has 0 radical (unpaired) electrons. The highest BCUT2D eigenvalue weighted by atomic mass is 32.2. The van der Waals surface area contributed by atoms with Gasteiger partial charge in [0.2, 0.25) is 0 Å². The van der Waals surface area contributed by atoms with Crippen LogP contribution in [-0.2, 0) is 20.9 Å². The second-order valence-corrected chi connectivity index (χ2v) is 6.57. The Morgan fingerprint density at radius 3 is 2.79 bits per heavy atom. The molecule has 1 aliphatic rings. The molecule has 5 heteroatoms. The molecule has 0 bridgehead atoms. The van der Waals surface area contributed by atoms with E-state index in [0.717, 1.165) is 12.8 Å². The first-order valence-corrected chi connectivity index (χ1v) is 8.32. The van der Waals surface area contributed by atoms with Gasteiger partial charge < -0.3 is 9.29 Å². The maximum absolute atomic E-state index is 12.3. The standard InChI is InChI=1S/C14H25NO3S/c1-5-7-10-19(17)15-9-8-12(13(15)11(3)4)14(16)18-6-2/h8,11,13H,5-7,9-10H2,1-4H3/t13-,19+/m1/s1. The number of hydrogen-bond acceptors (Lipinski definition) is 4. The number of hydrogen-bond donors (Lipinski definition) is 0. The molecule has 0 fully saturated rings. The zero-order valence-corrected chi connectivity index (χ0v) is 13.2. The average Bonchev–Trinajstić information content (AvgIpc) is 2.81. The quantitative estimate of drug-likeness (QED) is 0.532. The molecule has 0 saturated carbocycles. The van der Waals surface area contributed by atoms with Gasteiger partial charge in [-0.15, -0.1) is 4.31 Å². The summed E-state index contributed by atoms with van der Waals surface area (Å²) in [5.74, 6) is 0.642. The number of unbranched alkanes of at least 4 members (excludes halogenated alkanes) is 1. The minimum absolute atomic E-state index is 0.0864. The second kappa shape index (κ2) is 7.92. The first kappa shape index (κ1) is 16.5. The van der Waals surface area contributed by atoms with Crippen LogP contribution in [0, 0.1) is 5.92 Å². The topological polar surface area (TPSA) is 52.6 Å². The number of esters is 1. The molecule has 1 rings (SSSR count). The number of rotatable bonds is 7. The SMILES string of the molecule is CCCC[S@+]([O-])N1CC=C(C(=O)OCC)[C@H]1C(C)C. The molecule has 19 heavy (non-hydrogen) atoms. The fraction of sp³-hybridized carbons (Fsp3) is 0.786. The molecule has 110 valence electrons. The highest BCUT2D eigenvalue weighted by molar-refractivity contribution is 7.89. The van der Waals surface area contributed by atoms with Gasteiger partial charge in [-0.05, 0) is 19.3 Å². The van der Waals surface area contributed by atoms with Crippen molar-refractivity contribution < 1.29 is 14.1 Å². The van der Waals surface area contributed by atoms with Crippen LogP contribution in [0.25, 0.3) is 0 Å². The van der Waals surface area contributed by atoms with E-state index in [1.807, 2.05) is 24.2 Å². The van der Waals surface area contributed by atoms with Crippen LogP contribution in [0.5, 0.6) is 0 Å². The van der Waals surface area contributed by atoms with Crippen LogP contribution in [0.4, 0.5) is 0 Å². The molecule has 0 aromatic heterocycles. The Kier molecular flexibility index (Phi) is 6.89. The molecular weight excluding hydrogens is 262 g/mol. The lowest BCUT2D eigenvalue weighted by molar-refractivity contribution is -0.139. The van der Waals surface area contributed by atoms with E-state index >= 15 is 0 Å². The van der Waals surface area contributed by atoms with Crippen LogP contribution >= 0.6 is 0 Å². The Morgan fingerprint density at radius 2 is 2.26 bits per heavy atom. The van der Waals surface area contributed by atoms with Gasteiger partial charge in [-0.1, -0.05) is 33.3 Å². The minimum atomic E-state index is -1.01. The second-order valence-electron chi connectivity index (χ2n) is 5.05. The fourth-order valence-electron chi connectivity index (χ4n) is 2.28. The van der Waals surface area contributed by atoms with Crippen molar-refractivity contribution in [3.05, 3.63) is 11.6 Å². The molecule has 0 aromatic rings. The minimum Gasteiger partial charge on any atom is -0.598 e. The third-order valence-corrected chi connectivity index (χ3v) is 4.73. The lowest BCUT2D eigenvalue weighted by Gasteiger charge is -2.29. The van der Waals surface area contributed by atoms with E-state index < -0.39 is 11.4 Å². The Bertz CT molecular complexity index is 331. The summed E-state index contributed by atoms with van der Waals surface area (Å²) >= 11 is -1.01. The Hall–Kier alpha value is -0.520. The van der Waals surface area contributed by atoms with Crippen molar-refractivity contribution in [3.63, 3.8) is 0 Å². The molecular formula is C14H25NO3S. The predicted molar refractivity (Wildman–Crippen MR) is 78.0 cm³/mol. The molecule has 0 saturated heterocycles. The van der Waals surface area contributed by atoms with Gasteiger partial charge in [-0.3, -0.25) is 0 Å². The molecule has 0 amide bonds. The molecule has 0 aromatic carbocycles. The number of nitrogens with zero attached hydrogens (tertiary/aromatic N) is 1. The summed E-state index contributed by atoms with van der Waals surface area (Å²) in [6, 6.07) is -0.0864. The van der Waals surface area contributed by atoms with Crippen molar-refractivity contribution in [1.29, 1.82) is 0 Å². The molecule has 2 atom stereocenters. The molecule has 4 nitrogen and oxygen atoms in total. The monoisotopic (exact) mass is 287 g/mol. The maximum Gasteiger partial charge on any atom is 0.335 e. The summed E-state index contributed by atoms with van der Waals surface area (Å²) in [5, 5.41) is 0. The first-order chi connectivity index (χ1) is 9.02. The Labute approximate surface area is 119 Å².